The number of carbonyl (C=O) groups is 1. The van der Waals surface area contributed by atoms with Gasteiger partial charge in [0.05, 0.1) is 5.56 Å². The van der Waals surface area contributed by atoms with Crippen LogP contribution in [-0.2, 0) is 6.42 Å². The van der Waals surface area contributed by atoms with Crippen LogP contribution in [0, 0.1) is 18.6 Å². The minimum absolute atomic E-state index is 0.00605. The van der Waals surface area contributed by atoms with E-state index in [9.17, 15) is 13.6 Å². The van der Waals surface area contributed by atoms with Crippen LogP contribution in [0.1, 0.15) is 21.8 Å². The predicted octanol–water partition coefficient (Wildman–Crippen LogP) is 1.21. The summed E-state index contributed by atoms with van der Waals surface area (Å²) in [5, 5.41) is 5.86. The maximum Gasteiger partial charge on any atom is 0.260 e. The molecule has 1 amide bonds. The molecule has 1 aromatic heterocycles. The van der Waals surface area contributed by atoms with Crippen molar-refractivity contribution >= 4 is 11.9 Å². The van der Waals surface area contributed by atoms with E-state index in [2.05, 4.69) is 15.5 Å². The summed E-state index contributed by atoms with van der Waals surface area (Å²) in [5.74, 6) is -1.98. The maximum atomic E-state index is 13.5. The molecular weight excluding hydrogens is 270 g/mol. The Morgan fingerprint density at radius 2 is 2.15 bits per heavy atom. The molecule has 0 aliphatic carbocycles. The molecule has 0 saturated carbocycles. The lowest BCUT2D eigenvalue weighted by molar-refractivity contribution is 0.0949. The standard InChI is InChI=1S/C12H12F2N4O2/c1-6-4-7(9(14)5-8(6)13)11(19)16-3-2-10-17-12(15)18-20-10/h4-5H,2-3H2,1H3,(H2,15,18)(H,16,19). The van der Waals surface area contributed by atoms with E-state index < -0.39 is 17.5 Å². The smallest absolute Gasteiger partial charge is 0.260 e. The van der Waals surface area contributed by atoms with Crippen molar-refractivity contribution in [3.05, 3.63) is 40.8 Å². The van der Waals surface area contributed by atoms with Gasteiger partial charge in [0.1, 0.15) is 11.6 Å². The maximum absolute atomic E-state index is 13.5. The van der Waals surface area contributed by atoms with E-state index in [1.165, 1.54) is 6.92 Å². The van der Waals surface area contributed by atoms with E-state index >= 15 is 0 Å². The number of nitrogen functional groups attached to an aromatic ring is 1. The molecule has 2 rings (SSSR count). The molecule has 0 unspecified atom stereocenters. The molecule has 1 aromatic carbocycles. The Bertz CT molecular complexity index is 642. The number of nitrogens with zero attached hydrogens (tertiary/aromatic N) is 2. The number of amides is 1. The van der Waals surface area contributed by atoms with Crippen molar-refractivity contribution in [2.24, 2.45) is 0 Å². The molecule has 0 radical (unpaired) electrons. The molecule has 0 spiro atoms. The highest BCUT2D eigenvalue weighted by Gasteiger charge is 2.14. The van der Waals surface area contributed by atoms with Crippen LogP contribution in [0.4, 0.5) is 14.7 Å². The third kappa shape index (κ3) is 3.08. The normalized spacial score (nSPS) is 10.6. The van der Waals surface area contributed by atoms with Crippen LogP contribution < -0.4 is 11.1 Å². The molecule has 20 heavy (non-hydrogen) atoms. The van der Waals surface area contributed by atoms with E-state index in [-0.39, 0.29) is 35.9 Å². The molecule has 0 atom stereocenters. The molecule has 0 aliphatic rings. The summed E-state index contributed by atoms with van der Waals surface area (Å²) in [6, 6.07) is 1.84. The molecular formula is C12H12F2N4O2. The van der Waals surface area contributed by atoms with Gasteiger partial charge >= 0.3 is 0 Å². The van der Waals surface area contributed by atoms with Crippen molar-refractivity contribution in [1.82, 2.24) is 15.5 Å². The van der Waals surface area contributed by atoms with Gasteiger partial charge in [-0.05, 0) is 23.7 Å². The summed E-state index contributed by atoms with van der Waals surface area (Å²) in [6.07, 6.45) is 0.262. The second-order valence-electron chi connectivity index (χ2n) is 4.13. The Balaban J connectivity index is 1.97. The van der Waals surface area contributed by atoms with E-state index in [0.717, 1.165) is 6.07 Å². The zero-order valence-electron chi connectivity index (χ0n) is 10.6. The minimum atomic E-state index is -0.910. The summed E-state index contributed by atoms with van der Waals surface area (Å²) < 4.78 is 31.3. The van der Waals surface area contributed by atoms with Crippen molar-refractivity contribution < 1.29 is 18.1 Å². The van der Waals surface area contributed by atoms with Crippen LogP contribution in [0.5, 0.6) is 0 Å². The second-order valence-corrected chi connectivity index (χ2v) is 4.13. The van der Waals surface area contributed by atoms with Gasteiger partial charge in [-0.2, -0.15) is 4.98 Å². The van der Waals surface area contributed by atoms with E-state index in [1.807, 2.05) is 0 Å². The van der Waals surface area contributed by atoms with Gasteiger partial charge in [-0.25, -0.2) is 8.78 Å². The molecule has 0 aliphatic heterocycles. The highest BCUT2D eigenvalue weighted by molar-refractivity contribution is 5.94. The topological polar surface area (TPSA) is 94.0 Å². The zero-order chi connectivity index (χ0) is 14.7. The third-order valence-corrected chi connectivity index (χ3v) is 2.60. The van der Waals surface area contributed by atoms with Crippen LogP contribution >= 0.6 is 0 Å². The Hall–Kier alpha value is -2.51. The van der Waals surface area contributed by atoms with Crippen molar-refractivity contribution in [2.75, 3.05) is 12.3 Å². The molecule has 2 aromatic rings. The number of rotatable bonds is 4. The Labute approximate surface area is 113 Å². The van der Waals surface area contributed by atoms with Gasteiger partial charge in [0.15, 0.2) is 0 Å². The zero-order valence-corrected chi connectivity index (χ0v) is 10.6. The first-order chi connectivity index (χ1) is 9.47. The Morgan fingerprint density at radius 3 is 2.80 bits per heavy atom. The van der Waals surface area contributed by atoms with Gasteiger partial charge in [-0.3, -0.25) is 4.79 Å². The number of halogens is 2. The summed E-state index contributed by atoms with van der Waals surface area (Å²) in [6.45, 7) is 1.61. The minimum Gasteiger partial charge on any atom is -0.365 e. The van der Waals surface area contributed by atoms with Gasteiger partial charge < -0.3 is 15.6 Å². The highest BCUT2D eigenvalue weighted by atomic mass is 19.1. The van der Waals surface area contributed by atoms with Crippen LogP contribution in [0.2, 0.25) is 0 Å². The largest absolute Gasteiger partial charge is 0.365 e. The first-order valence-corrected chi connectivity index (χ1v) is 5.79. The lowest BCUT2D eigenvalue weighted by Crippen LogP contribution is -2.26. The number of anilines is 1. The number of aryl methyl sites for hydroxylation is 1. The predicted molar refractivity (Wildman–Crippen MR) is 65.8 cm³/mol. The summed E-state index contributed by atoms with van der Waals surface area (Å²) in [4.78, 5) is 15.5. The number of hydrogen-bond donors (Lipinski definition) is 2. The van der Waals surface area contributed by atoms with Gasteiger partial charge in [0.25, 0.3) is 11.9 Å². The fourth-order valence-electron chi connectivity index (χ4n) is 1.58. The average Bonchev–Trinajstić information content (AvgIpc) is 2.79. The Kier molecular flexibility index (Phi) is 3.92. The number of nitrogens with two attached hydrogens (primary N) is 1. The number of nitrogens with one attached hydrogen (secondary N) is 1. The summed E-state index contributed by atoms with van der Waals surface area (Å²) in [7, 11) is 0. The monoisotopic (exact) mass is 282 g/mol. The lowest BCUT2D eigenvalue weighted by atomic mass is 10.1. The average molecular weight is 282 g/mol. The molecule has 0 bridgehead atoms. The SMILES string of the molecule is Cc1cc(C(=O)NCCc2nc(N)no2)c(F)cc1F. The van der Waals surface area contributed by atoms with Crippen LogP contribution in [0.15, 0.2) is 16.7 Å². The fourth-order valence-corrected chi connectivity index (χ4v) is 1.58. The number of hydrogen-bond acceptors (Lipinski definition) is 5. The lowest BCUT2D eigenvalue weighted by Gasteiger charge is -2.06. The number of carbonyl (C=O) groups excluding carboxylic acids is 1. The first kappa shape index (κ1) is 13.9. The number of benzene rings is 1. The van der Waals surface area contributed by atoms with Crippen molar-refractivity contribution in [1.29, 1.82) is 0 Å². The van der Waals surface area contributed by atoms with Gasteiger partial charge in [-0.1, -0.05) is 0 Å². The van der Waals surface area contributed by atoms with Crippen LogP contribution in [-0.4, -0.2) is 22.6 Å². The van der Waals surface area contributed by atoms with Gasteiger partial charge in [-0.15, -0.1) is 0 Å². The van der Waals surface area contributed by atoms with Crippen molar-refractivity contribution in [3.63, 3.8) is 0 Å². The van der Waals surface area contributed by atoms with Gasteiger partial charge in [0.2, 0.25) is 5.89 Å². The molecule has 106 valence electrons. The summed E-state index contributed by atoms with van der Waals surface area (Å²) >= 11 is 0. The molecule has 0 fully saturated rings. The van der Waals surface area contributed by atoms with Crippen LogP contribution in [0.25, 0.3) is 0 Å². The Morgan fingerprint density at radius 1 is 1.40 bits per heavy atom. The van der Waals surface area contributed by atoms with E-state index in [4.69, 9.17) is 10.3 Å². The summed E-state index contributed by atoms with van der Waals surface area (Å²) in [5.41, 5.74) is 5.25. The molecule has 8 heteroatoms. The quantitative estimate of drug-likeness (QED) is 0.879. The molecule has 1 heterocycles. The van der Waals surface area contributed by atoms with Gasteiger partial charge in [0, 0.05) is 19.0 Å². The third-order valence-electron chi connectivity index (χ3n) is 2.60. The highest BCUT2D eigenvalue weighted by Crippen LogP contribution is 2.14. The van der Waals surface area contributed by atoms with Crippen LogP contribution in [0.3, 0.4) is 0 Å². The van der Waals surface area contributed by atoms with E-state index in [1.54, 1.807) is 0 Å². The fraction of sp³-hybridized carbons (Fsp3) is 0.250. The van der Waals surface area contributed by atoms with Crippen molar-refractivity contribution in [3.8, 4) is 0 Å². The van der Waals surface area contributed by atoms with Crippen molar-refractivity contribution in [2.45, 2.75) is 13.3 Å². The first-order valence-electron chi connectivity index (χ1n) is 5.79. The number of aromatic nitrogens is 2. The van der Waals surface area contributed by atoms with E-state index in [0.29, 0.717) is 6.07 Å². The molecule has 3 N–H and O–H groups in total. The molecule has 6 nitrogen and oxygen atoms in total. The second kappa shape index (κ2) is 5.64. The molecule has 0 saturated heterocycles.